The van der Waals surface area contributed by atoms with E-state index in [0.717, 1.165) is 46.5 Å². The third-order valence-electron chi connectivity index (χ3n) is 6.07. The molecule has 2 aliphatic heterocycles. The summed E-state index contributed by atoms with van der Waals surface area (Å²) in [6.45, 7) is 6.05. The van der Waals surface area contributed by atoms with Crippen LogP contribution < -0.4 is 16.1 Å². The highest BCUT2D eigenvalue weighted by atomic mass is 16.1. The molecule has 1 N–H and O–H groups in total. The van der Waals surface area contributed by atoms with Crippen molar-refractivity contribution in [2.45, 2.75) is 33.1 Å². The molecule has 0 aliphatic carbocycles. The van der Waals surface area contributed by atoms with Gasteiger partial charge in [-0.1, -0.05) is 29.8 Å². The smallest absolute Gasteiger partial charge is 0.295 e. The summed E-state index contributed by atoms with van der Waals surface area (Å²) < 4.78 is 3.98. The van der Waals surface area contributed by atoms with Crippen molar-refractivity contribution in [2.75, 3.05) is 13.1 Å². The van der Waals surface area contributed by atoms with Crippen LogP contribution in [0.4, 0.5) is 0 Å². The molecular formula is C26H27N4O+. The van der Waals surface area contributed by atoms with Gasteiger partial charge >= 0.3 is 5.84 Å². The maximum absolute atomic E-state index is 13.3. The first-order chi connectivity index (χ1) is 15.1. The number of para-hydroxylation sites is 1. The number of aromatic amines is 1. The van der Waals surface area contributed by atoms with Crippen LogP contribution in [-0.2, 0) is 0 Å². The molecule has 0 radical (unpaired) electrons. The quantitative estimate of drug-likeness (QED) is 0.648. The second-order valence-electron chi connectivity index (χ2n) is 8.42. The minimum atomic E-state index is -0.0439. The first kappa shape index (κ1) is 19.5. The molecule has 1 saturated heterocycles. The van der Waals surface area contributed by atoms with Gasteiger partial charge in [0.15, 0.2) is 5.36 Å². The van der Waals surface area contributed by atoms with Gasteiger partial charge in [-0.2, -0.15) is 0 Å². The first-order valence-electron chi connectivity index (χ1n) is 11.0. The summed E-state index contributed by atoms with van der Waals surface area (Å²) in [5, 5.41) is 5.33. The van der Waals surface area contributed by atoms with Gasteiger partial charge < -0.3 is 0 Å². The number of nitrogens with one attached hydrogen (secondary N) is 1. The van der Waals surface area contributed by atoms with Crippen molar-refractivity contribution in [3.63, 3.8) is 0 Å². The summed E-state index contributed by atoms with van der Waals surface area (Å²) in [5.74, 6) is 0.974. The van der Waals surface area contributed by atoms with Gasteiger partial charge in [-0.15, -0.1) is 0 Å². The first-order valence-corrected chi connectivity index (χ1v) is 11.0. The van der Waals surface area contributed by atoms with Crippen LogP contribution in [0.5, 0.6) is 0 Å². The minimum absolute atomic E-state index is 0.0439. The molecule has 2 aromatic carbocycles. The Morgan fingerprint density at radius 1 is 1.03 bits per heavy atom. The van der Waals surface area contributed by atoms with Crippen LogP contribution in [0, 0.1) is 13.8 Å². The molecule has 5 rings (SSSR count). The number of rotatable bonds is 2. The Kier molecular flexibility index (Phi) is 5.02. The highest BCUT2D eigenvalue weighted by molar-refractivity contribution is 6.08. The van der Waals surface area contributed by atoms with Gasteiger partial charge in [0.2, 0.25) is 0 Å². The van der Waals surface area contributed by atoms with Crippen LogP contribution >= 0.6 is 0 Å². The van der Waals surface area contributed by atoms with Crippen molar-refractivity contribution >= 4 is 18.0 Å². The monoisotopic (exact) mass is 411 g/mol. The summed E-state index contributed by atoms with van der Waals surface area (Å²) >= 11 is 0. The van der Waals surface area contributed by atoms with Gasteiger partial charge in [0.05, 0.1) is 29.9 Å². The van der Waals surface area contributed by atoms with Crippen LogP contribution in [0.1, 0.15) is 36.1 Å². The average molecular weight is 412 g/mol. The van der Waals surface area contributed by atoms with E-state index in [9.17, 15) is 4.79 Å². The summed E-state index contributed by atoms with van der Waals surface area (Å²) in [7, 11) is 0. The number of fused-ring (bicyclic) bond motifs is 1. The number of aryl methyl sites for hydroxylation is 2. The Hall–Kier alpha value is -3.47. The van der Waals surface area contributed by atoms with Crippen LogP contribution in [0.3, 0.4) is 0 Å². The fourth-order valence-corrected chi connectivity index (χ4v) is 4.41. The molecule has 0 amide bonds. The van der Waals surface area contributed by atoms with Gasteiger partial charge in [0.1, 0.15) is 0 Å². The van der Waals surface area contributed by atoms with E-state index >= 15 is 0 Å². The molecule has 5 heteroatoms. The molecule has 3 aromatic rings. The van der Waals surface area contributed by atoms with E-state index in [1.807, 2.05) is 43.3 Å². The Labute approximate surface area is 181 Å². The maximum Gasteiger partial charge on any atom is 0.326 e. The fourth-order valence-electron chi connectivity index (χ4n) is 4.41. The molecule has 1 fully saturated rings. The summed E-state index contributed by atoms with van der Waals surface area (Å²) in [6, 6.07) is 16.0. The molecule has 0 unspecified atom stereocenters. The second kappa shape index (κ2) is 7.99. The molecular weight excluding hydrogens is 384 g/mol. The van der Waals surface area contributed by atoms with E-state index in [2.05, 4.69) is 40.9 Å². The maximum atomic E-state index is 13.3. The highest BCUT2D eigenvalue weighted by Gasteiger charge is 2.24. The molecule has 3 heterocycles. The molecule has 0 saturated carbocycles. The number of piperidine rings is 1. The number of amidine groups is 1. The van der Waals surface area contributed by atoms with Crippen molar-refractivity contribution in [2.24, 2.45) is 4.99 Å². The molecule has 0 spiro atoms. The Balaban J connectivity index is 1.71. The van der Waals surface area contributed by atoms with Crippen molar-refractivity contribution in [3.8, 4) is 5.69 Å². The SMILES string of the molecule is Cc1ccc2c(c1)=C/C(=C\c1c(C)[nH]n(-c3ccccc3)c1=O)C(=[N+]1CCCCC1)N=2. The Morgan fingerprint density at radius 3 is 2.58 bits per heavy atom. The lowest BCUT2D eigenvalue weighted by atomic mass is 10.0. The zero-order valence-electron chi connectivity index (χ0n) is 18.1. The zero-order chi connectivity index (χ0) is 21.4. The van der Waals surface area contributed by atoms with Crippen LogP contribution in [0.15, 0.2) is 63.9 Å². The molecule has 31 heavy (non-hydrogen) atoms. The standard InChI is InChI=1S/C26H26N4O/c1-18-11-12-24-20(15-18)16-21(25(27-24)29-13-7-4-8-14-29)17-23-19(2)28-30(26(23)31)22-9-5-3-6-10-22/h3,5-6,9-12,15-17H,4,7-8,13-14H2,1-2H3/p+1. The van der Waals surface area contributed by atoms with E-state index in [0.29, 0.717) is 5.56 Å². The predicted octanol–water partition coefficient (Wildman–Crippen LogP) is 2.87. The molecule has 0 atom stereocenters. The van der Waals surface area contributed by atoms with E-state index in [1.54, 1.807) is 4.68 Å². The third kappa shape index (κ3) is 3.72. The number of aromatic nitrogens is 2. The Bertz CT molecular complexity index is 1380. The van der Waals surface area contributed by atoms with Gasteiger partial charge in [0.25, 0.3) is 5.56 Å². The lowest BCUT2D eigenvalue weighted by Gasteiger charge is -2.15. The number of H-pyrrole nitrogens is 1. The van der Waals surface area contributed by atoms with Crippen LogP contribution in [0.25, 0.3) is 17.8 Å². The van der Waals surface area contributed by atoms with Gasteiger partial charge in [0, 0.05) is 10.9 Å². The van der Waals surface area contributed by atoms with Crippen molar-refractivity contribution < 1.29 is 4.58 Å². The minimum Gasteiger partial charge on any atom is -0.295 e. The molecule has 0 bridgehead atoms. The van der Waals surface area contributed by atoms with Gasteiger partial charge in [-0.05, 0) is 74.5 Å². The number of nitrogens with zero attached hydrogens (tertiary/aromatic N) is 3. The van der Waals surface area contributed by atoms with Crippen molar-refractivity contribution in [1.29, 1.82) is 0 Å². The molecule has 1 aromatic heterocycles. The highest BCUT2D eigenvalue weighted by Crippen LogP contribution is 2.16. The zero-order valence-corrected chi connectivity index (χ0v) is 18.1. The Morgan fingerprint density at radius 2 is 1.81 bits per heavy atom. The molecule has 2 aliphatic rings. The van der Waals surface area contributed by atoms with Crippen LogP contribution in [0.2, 0.25) is 0 Å². The lowest BCUT2D eigenvalue weighted by Crippen LogP contribution is -2.36. The second-order valence-corrected chi connectivity index (χ2v) is 8.42. The van der Waals surface area contributed by atoms with Gasteiger partial charge in [-0.25, -0.2) is 4.68 Å². The van der Waals surface area contributed by atoms with E-state index in [4.69, 9.17) is 4.99 Å². The normalized spacial score (nSPS) is 17.3. The lowest BCUT2D eigenvalue weighted by molar-refractivity contribution is -0.537. The summed E-state index contributed by atoms with van der Waals surface area (Å²) in [6.07, 6.45) is 7.81. The topological polar surface area (TPSA) is 53.2 Å². The van der Waals surface area contributed by atoms with E-state index in [-0.39, 0.29) is 5.56 Å². The van der Waals surface area contributed by atoms with Crippen LogP contribution in [-0.4, -0.2) is 33.3 Å². The molecule has 156 valence electrons. The molecule has 5 nitrogen and oxygen atoms in total. The van der Waals surface area contributed by atoms with Gasteiger partial charge in [-0.3, -0.25) is 14.5 Å². The average Bonchev–Trinajstić information content (AvgIpc) is 3.08. The third-order valence-corrected chi connectivity index (χ3v) is 6.07. The number of benzene rings is 2. The fraction of sp³-hybridized carbons (Fsp3) is 0.269. The van der Waals surface area contributed by atoms with E-state index in [1.165, 1.54) is 24.8 Å². The van der Waals surface area contributed by atoms with Crippen molar-refractivity contribution in [1.82, 2.24) is 9.78 Å². The number of hydrogen-bond donors (Lipinski definition) is 1. The predicted molar refractivity (Wildman–Crippen MR) is 124 cm³/mol. The summed E-state index contributed by atoms with van der Waals surface area (Å²) in [5.41, 5.74) is 4.52. The van der Waals surface area contributed by atoms with Crippen molar-refractivity contribution in [3.05, 3.63) is 91.9 Å². The summed E-state index contributed by atoms with van der Waals surface area (Å²) in [4.78, 5) is 18.3. The largest absolute Gasteiger partial charge is 0.326 e. The number of hydrogen-bond acceptors (Lipinski definition) is 1. The van der Waals surface area contributed by atoms with E-state index < -0.39 is 0 Å².